The molecule has 4 nitrogen and oxygen atoms in total. The van der Waals surface area contributed by atoms with Gasteiger partial charge in [0.1, 0.15) is 5.54 Å². The minimum absolute atomic E-state index is 0.704. The highest BCUT2D eigenvalue weighted by Gasteiger charge is 2.33. The van der Waals surface area contributed by atoms with E-state index in [-0.39, 0.29) is 0 Å². The molecule has 1 fully saturated rings. The van der Waals surface area contributed by atoms with Gasteiger partial charge in [-0.15, -0.1) is 0 Å². The van der Waals surface area contributed by atoms with Crippen LogP contribution in [0.15, 0.2) is 0 Å². The Bertz CT molecular complexity index is 279. The standard InChI is InChI=1S/C15H30N2O2/c1-4-10-16-15(3,14(18)19)9-6-12-17(11-5-2)13-7-8-13/h13,16H,4-12H2,1-3H3,(H,18,19). The van der Waals surface area contributed by atoms with E-state index in [1.54, 1.807) is 0 Å². The highest BCUT2D eigenvalue weighted by atomic mass is 16.4. The first-order valence-corrected chi connectivity index (χ1v) is 7.76. The normalized spacial score (nSPS) is 18.5. The number of carboxylic acids is 1. The van der Waals surface area contributed by atoms with Gasteiger partial charge in [0.25, 0.3) is 0 Å². The molecule has 0 spiro atoms. The number of hydrogen-bond acceptors (Lipinski definition) is 3. The van der Waals surface area contributed by atoms with E-state index < -0.39 is 11.5 Å². The molecule has 4 heteroatoms. The Morgan fingerprint density at radius 2 is 2.00 bits per heavy atom. The van der Waals surface area contributed by atoms with E-state index in [1.165, 1.54) is 19.3 Å². The van der Waals surface area contributed by atoms with E-state index in [1.807, 2.05) is 6.92 Å². The van der Waals surface area contributed by atoms with E-state index in [2.05, 4.69) is 24.1 Å². The highest BCUT2D eigenvalue weighted by Crippen LogP contribution is 2.27. The smallest absolute Gasteiger partial charge is 0.323 e. The van der Waals surface area contributed by atoms with Crippen LogP contribution >= 0.6 is 0 Å². The number of nitrogens with zero attached hydrogens (tertiary/aromatic N) is 1. The van der Waals surface area contributed by atoms with Crippen molar-refractivity contribution in [2.45, 2.75) is 70.9 Å². The second kappa shape index (κ2) is 7.85. The van der Waals surface area contributed by atoms with Crippen molar-refractivity contribution in [2.24, 2.45) is 0 Å². The Morgan fingerprint density at radius 3 is 2.47 bits per heavy atom. The topological polar surface area (TPSA) is 52.6 Å². The minimum atomic E-state index is -0.766. The Labute approximate surface area is 117 Å². The van der Waals surface area contributed by atoms with Crippen LogP contribution in [0.3, 0.4) is 0 Å². The van der Waals surface area contributed by atoms with Gasteiger partial charge >= 0.3 is 5.97 Å². The number of rotatable bonds is 11. The molecule has 1 atom stereocenters. The molecule has 0 aromatic heterocycles. The molecule has 0 heterocycles. The van der Waals surface area contributed by atoms with Crippen LogP contribution in [0, 0.1) is 0 Å². The lowest BCUT2D eigenvalue weighted by atomic mass is 9.95. The zero-order chi connectivity index (χ0) is 14.3. The summed E-state index contributed by atoms with van der Waals surface area (Å²) < 4.78 is 0. The predicted molar refractivity (Wildman–Crippen MR) is 78.5 cm³/mol. The van der Waals surface area contributed by atoms with Crippen LogP contribution in [-0.2, 0) is 4.79 Å². The van der Waals surface area contributed by atoms with Crippen LogP contribution in [0.1, 0.15) is 59.3 Å². The largest absolute Gasteiger partial charge is 0.480 e. The van der Waals surface area contributed by atoms with Gasteiger partial charge in [-0.25, -0.2) is 0 Å². The van der Waals surface area contributed by atoms with Gasteiger partial charge in [0.15, 0.2) is 0 Å². The van der Waals surface area contributed by atoms with Crippen molar-refractivity contribution < 1.29 is 9.90 Å². The van der Waals surface area contributed by atoms with E-state index in [0.717, 1.165) is 38.5 Å². The van der Waals surface area contributed by atoms with Crippen LogP contribution in [0.4, 0.5) is 0 Å². The van der Waals surface area contributed by atoms with Crippen molar-refractivity contribution in [1.82, 2.24) is 10.2 Å². The van der Waals surface area contributed by atoms with Gasteiger partial charge in [-0.05, 0) is 65.1 Å². The van der Waals surface area contributed by atoms with Gasteiger partial charge in [-0.1, -0.05) is 13.8 Å². The summed E-state index contributed by atoms with van der Waals surface area (Å²) in [6.07, 6.45) is 6.45. The first-order chi connectivity index (χ1) is 9.03. The Morgan fingerprint density at radius 1 is 1.32 bits per heavy atom. The summed E-state index contributed by atoms with van der Waals surface area (Å²) in [5.74, 6) is -0.727. The Hall–Kier alpha value is -0.610. The van der Waals surface area contributed by atoms with Crippen molar-refractivity contribution in [3.05, 3.63) is 0 Å². The van der Waals surface area contributed by atoms with Crippen molar-refractivity contribution in [3.8, 4) is 0 Å². The fraction of sp³-hybridized carbons (Fsp3) is 0.933. The second-order valence-electron chi connectivity index (χ2n) is 5.93. The lowest BCUT2D eigenvalue weighted by molar-refractivity contribution is -0.144. The fourth-order valence-corrected chi connectivity index (χ4v) is 2.51. The molecule has 0 aliphatic heterocycles. The molecule has 19 heavy (non-hydrogen) atoms. The Balaban J connectivity index is 2.36. The number of carboxylic acid groups (broad SMARTS) is 1. The second-order valence-corrected chi connectivity index (χ2v) is 5.93. The summed E-state index contributed by atoms with van der Waals surface area (Å²) in [6.45, 7) is 9.04. The fourth-order valence-electron chi connectivity index (χ4n) is 2.51. The highest BCUT2D eigenvalue weighted by molar-refractivity contribution is 5.78. The molecule has 1 aliphatic rings. The lowest BCUT2D eigenvalue weighted by Gasteiger charge is -2.28. The monoisotopic (exact) mass is 270 g/mol. The number of hydrogen-bond donors (Lipinski definition) is 2. The summed E-state index contributed by atoms with van der Waals surface area (Å²) in [5.41, 5.74) is -0.766. The molecular weight excluding hydrogens is 240 g/mol. The molecule has 0 saturated heterocycles. The number of aliphatic carboxylic acids is 1. The zero-order valence-corrected chi connectivity index (χ0v) is 12.7. The van der Waals surface area contributed by atoms with Crippen molar-refractivity contribution >= 4 is 5.97 Å². The molecular formula is C15H30N2O2. The third-order valence-electron chi connectivity index (χ3n) is 3.93. The molecule has 0 radical (unpaired) electrons. The van der Waals surface area contributed by atoms with Gasteiger partial charge in [-0.2, -0.15) is 0 Å². The van der Waals surface area contributed by atoms with E-state index in [9.17, 15) is 9.90 Å². The van der Waals surface area contributed by atoms with Crippen LogP contribution in [-0.4, -0.2) is 47.2 Å². The van der Waals surface area contributed by atoms with Gasteiger partial charge < -0.3 is 15.3 Å². The van der Waals surface area contributed by atoms with Gasteiger partial charge in [0.2, 0.25) is 0 Å². The third-order valence-corrected chi connectivity index (χ3v) is 3.93. The predicted octanol–water partition coefficient (Wildman–Crippen LogP) is 2.48. The lowest BCUT2D eigenvalue weighted by Crippen LogP contribution is -2.50. The van der Waals surface area contributed by atoms with Crippen molar-refractivity contribution in [3.63, 3.8) is 0 Å². The molecule has 0 aromatic rings. The molecule has 2 N–H and O–H groups in total. The maximum absolute atomic E-state index is 11.4. The summed E-state index contributed by atoms with van der Waals surface area (Å²) >= 11 is 0. The SMILES string of the molecule is CCCNC(C)(CCCN(CCC)C1CC1)C(=O)O. The van der Waals surface area contributed by atoms with E-state index in [0.29, 0.717) is 6.42 Å². The molecule has 1 saturated carbocycles. The van der Waals surface area contributed by atoms with Gasteiger partial charge in [-0.3, -0.25) is 4.79 Å². The van der Waals surface area contributed by atoms with Crippen LogP contribution < -0.4 is 5.32 Å². The quantitative estimate of drug-likeness (QED) is 0.605. The van der Waals surface area contributed by atoms with Crippen LogP contribution in [0.25, 0.3) is 0 Å². The number of carbonyl (C=O) groups is 1. The average Bonchev–Trinajstić information content (AvgIpc) is 3.19. The number of nitrogens with one attached hydrogen (secondary N) is 1. The molecule has 0 aromatic carbocycles. The van der Waals surface area contributed by atoms with Crippen LogP contribution in [0.5, 0.6) is 0 Å². The Kier molecular flexibility index (Phi) is 6.80. The van der Waals surface area contributed by atoms with Crippen molar-refractivity contribution in [2.75, 3.05) is 19.6 Å². The van der Waals surface area contributed by atoms with Crippen LogP contribution in [0.2, 0.25) is 0 Å². The molecule has 0 bridgehead atoms. The van der Waals surface area contributed by atoms with E-state index in [4.69, 9.17) is 0 Å². The van der Waals surface area contributed by atoms with Crippen molar-refractivity contribution in [1.29, 1.82) is 0 Å². The summed E-state index contributed by atoms with van der Waals surface area (Å²) in [4.78, 5) is 13.9. The summed E-state index contributed by atoms with van der Waals surface area (Å²) in [5, 5.41) is 12.6. The molecule has 1 rings (SSSR count). The summed E-state index contributed by atoms with van der Waals surface area (Å²) in [7, 11) is 0. The van der Waals surface area contributed by atoms with Gasteiger partial charge in [0.05, 0.1) is 0 Å². The first kappa shape index (κ1) is 16.4. The molecule has 1 unspecified atom stereocenters. The minimum Gasteiger partial charge on any atom is -0.480 e. The molecule has 0 amide bonds. The average molecular weight is 270 g/mol. The van der Waals surface area contributed by atoms with E-state index >= 15 is 0 Å². The summed E-state index contributed by atoms with van der Waals surface area (Å²) in [6, 6.07) is 0.777. The maximum atomic E-state index is 11.4. The molecule has 1 aliphatic carbocycles. The third kappa shape index (κ3) is 5.49. The maximum Gasteiger partial charge on any atom is 0.323 e. The first-order valence-electron chi connectivity index (χ1n) is 7.76. The zero-order valence-electron chi connectivity index (χ0n) is 12.7. The molecule has 112 valence electrons. The van der Waals surface area contributed by atoms with Gasteiger partial charge in [0, 0.05) is 6.04 Å².